The summed E-state index contributed by atoms with van der Waals surface area (Å²) in [6, 6.07) is 9.43. The van der Waals surface area contributed by atoms with Crippen LogP contribution in [-0.2, 0) is 0 Å². The Morgan fingerprint density at radius 1 is 0.960 bits per heavy atom. The molecule has 6 heteroatoms. The van der Waals surface area contributed by atoms with Gasteiger partial charge < -0.3 is 19.7 Å². The molecule has 1 fully saturated rings. The van der Waals surface area contributed by atoms with E-state index in [9.17, 15) is 9.59 Å². The highest BCUT2D eigenvalue weighted by Crippen LogP contribution is 2.16. The number of hydrogen-bond acceptors (Lipinski definition) is 3. The summed E-state index contributed by atoms with van der Waals surface area (Å²) in [6.45, 7) is 2.46. The van der Waals surface area contributed by atoms with Crippen LogP contribution in [0.1, 0.15) is 27.1 Å². The van der Waals surface area contributed by atoms with Crippen molar-refractivity contribution < 1.29 is 9.59 Å². The zero-order chi connectivity index (χ0) is 17.8. The molecule has 1 aliphatic rings. The Hall–Kier alpha value is -2.76. The minimum atomic E-state index is 0.0187. The van der Waals surface area contributed by atoms with Crippen molar-refractivity contribution in [3.63, 3.8) is 0 Å². The third-order valence-electron chi connectivity index (χ3n) is 4.52. The molecule has 2 amide bonds. The molecule has 3 rings (SSSR count). The van der Waals surface area contributed by atoms with Gasteiger partial charge in [-0.1, -0.05) is 6.07 Å². The molecule has 1 saturated heterocycles. The second-order valence-electron chi connectivity index (χ2n) is 6.48. The van der Waals surface area contributed by atoms with Crippen molar-refractivity contribution in [1.29, 1.82) is 0 Å². The summed E-state index contributed by atoms with van der Waals surface area (Å²) in [6.07, 6.45) is 4.25. The lowest BCUT2D eigenvalue weighted by molar-refractivity contribution is 0.0719. The van der Waals surface area contributed by atoms with E-state index in [0.29, 0.717) is 37.3 Å². The van der Waals surface area contributed by atoms with Gasteiger partial charge >= 0.3 is 0 Å². The fourth-order valence-electron chi connectivity index (χ4n) is 3.06. The van der Waals surface area contributed by atoms with Crippen LogP contribution >= 0.6 is 0 Å². The van der Waals surface area contributed by atoms with Crippen LogP contribution < -0.4 is 4.90 Å². The number of carbonyl (C=O) groups excluding carboxylic acids is 2. The largest absolute Gasteiger partial charge is 0.378 e. The second kappa shape index (κ2) is 7.42. The smallest absolute Gasteiger partial charge is 0.255 e. The number of carbonyl (C=O) groups is 2. The van der Waals surface area contributed by atoms with Crippen molar-refractivity contribution >= 4 is 17.5 Å². The number of nitrogens with zero attached hydrogens (tertiary/aromatic N) is 3. The first-order valence-corrected chi connectivity index (χ1v) is 8.55. The van der Waals surface area contributed by atoms with E-state index in [2.05, 4.69) is 4.98 Å². The van der Waals surface area contributed by atoms with Crippen LogP contribution in [0.15, 0.2) is 42.7 Å². The summed E-state index contributed by atoms with van der Waals surface area (Å²) in [4.78, 5) is 33.9. The lowest BCUT2D eigenvalue weighted by Gasteiger charge is -2.22. The zero-order valence-corrected chi connectivity index (χ0v) is 14.7. The molecule has 1 aromatic carbocycles. The van der Waals surface area contributed by atoms with Crippen molar-refractivity contribution in [2.75, 3.05) is 45.2 Å². The number of aromatic nitrogens is 1. The van der Waals surface area contributed by atoms with Crippen LogP contribution in [0.25, 0.3) is 0 Å². The third-order valence-corrected chi connectivity index (χ3v) is 4.52. The molecule has 1 aromatic heterocycles. The van der Waals surface area contributed by atoms with Gasteiger partial charge in [0.1, 0.15) is 0 Å². The van der Waals surface area contributed by atoms with E-state index < -0.39 is 0 Å². The predicted molar refractivity (Wildman–Crippen MR) is 98.0 cm³/mol. The van der Waals surface area contributed by atoms with Gasteiger partial charge in [0.25, 0.3) is 11.8 Å². The van der Waals surface area contributed by atoms with Gasteiger partial charge in [-0.05, 0) is 30.7 Å². The van der Waals surface area contributed by atoms with E-state index >= 15 is 0 Å². The lowest BCUT2D eigenvalue weighted by Crippen LogP contribution is -2.37. The molecule has 6 nitrogen and oxygen atoms in total. The highest BCUT2D eigenvalue weighted by molar-refractivity contribution is 5.96. The Morgan fingerprint density at radius 3 is 2.24 bits per heavy atom. The van der Waals surface area contributed by atoms with E-state index in [-0.39, 0.29) is 11.8 Å². The van der Waals surface area contributed by atoms with Crippen LogP contribution in [0.3, 0.4) is 0 Å². The molecule has 0 spiro atoms. The Balaban J connectivity index is 1.67. The molecule has 2 aromatic rings. The minimum Gasteiger partial charge on any atom is -0.378 e. The van der Waals surface area contributed by atoms with E-state index in [1.54, 1.807) is 18.5 Å². The van der Waals surface area contributed by atoms with Crippen molar-refractivity contribution in [2.24, 2.45) is 0 Å². The molecule has 25 heavy (non-hydrogen) atoms. The summed E-state index contributed by atoms with van der Waals surface area (Å²) >= 11 is 0. The normalized spacial score (nSPS) is 15.0. The number of rotatable bonds is 3. The molecular formula is C19H24N4O2. The third kappa shape index (κ3) is 3.84. The fraction of sp³-hybridized carbons (Fsp3) is 0.368. The molecule has 0 aliphatic carbocycles. The van der Waals surface area contributed by atoms with Gasteiger partial charge in [-0.2, -0.15) is 0 Å². The van der Waals surface area contributed by atoms with Crippen LogP contribution in [0.2, 0.25) is 0 Å². The Labute approximate surface area is 148 Å². The molecule has 1 aliphatic heterocycles. The molecule has 0 radical (unpaired) electrons. The summed E-state index contributed by atoms with van der Waals surface area (Å²) in [5.41, 5.74) is 2.36. The highest BCUT2D eigenvalue weighted by Gasteiger charge is 2.23. The molecule has 1 N–H and O–H groups in total. The van der Waals surface area contributed by atoms with Crippen molar-refractivity contribution in [3.05, 3.63) is 53.9 Å². The van der Waals surface area contributed by atoms with Crippen LogP contribution in [-0.4, -0.2) is 66.9 Å². The molecular weight excluding hydrogens is 316 g/mol. The second-order valence-corrected chi connectivity index (χ2v) is 6.48. The number of anilines is 1. The maximum Gasteiger partial charge on any atom is 0.255 e. The lowest BCUT2D eigenvalue weighted by atomic mass is 10.1. The summed E-state index contributed by atoms with van der Waals surface area (Å²) < 4.78 is 0. The van der Waals surface area contributed by atoms with Crippen LogP contribution in [0, 0.1) is 0 Å². The van der Waals surface area contributed by atoms with Gasteiger partial charge in [-0.3, -0.25) is 9.59 Å². The first-order valence-electron chi connectivity index (χ1n) is 8.55. The summed E-state index contributed by atoms with van der Waals surface area (Å²) in [7, 11) is 3.92. The van der Waals surface area contributed by atoms with Crippen LogP contribution in [0.5, 0.6) is 0 Å². The number of hydrogen-bond donors (Lipinski definition) is 1. The van der Waals surface area contributed by atoms with E-state index in [4.69, 9.17) is 0 Å². The predicted octanol–water partition coefficient (Wildman–Crippen LogP) is 2.07. The molecule has 0 saturated carbocycles. The molecule has 2 heterocycles. The quantitative estimate of drug-likeness (QED) is 0.930. The molecule has 0 bridgehead atoms. The van der Waals surface area contributed by atoms with Crippen molar-refractivity contribution in [1.82, 2.24) is 14.8 Å². The Bertz CT molecular complexity index is 740. The highest BCUT2D eigenvalue weighted by atomic mass is 16.2. The topological polar surface area (TPSA) is 59.7 Å². The zero-order valence-electron chi connectivity index (χ0n) is 14.7. The number of nitrogens with one attached hydrogen (secondary N) is 1. The van der Waals surface area contributed by atoms with E-state index in [0.717, 1.165) is 12.1 Å². The Kier molecular flexibility index (Phi) is 5.07. The van der Waals surface area contributed by atoms with E-state index in [1.165, 1.54) is 0 Å². The number of aromatic amines is 1. The maximum absolute atomic E-state index is 12.8. The van der Waals surface area contributed by atoms with E-state index in [1.807, 2.05) is 53.1 Å². The van der Waals surface area contributed by atoms with Gasteiger partial charge in [-0.25, -0.2) is 0 Å². The van der Waals surface area contributed by atoms with Crippen molar-refractivity contribution in [3.8, 4) is 0 Å². The first kappa shape index (κ1) is 17.1. The molecule has 0 atom stereocenters. The Morgan fingerprint density at radius 2 is 1.64 bits per heavy atom. The average Bonchev–Trinajstić information content (AvgIpc) is 3.05. The maximum atomic E-state index is 12.8. The fourth-order valence-corrected chi connectivity index (χ4v) is 3.06. The van der Waals surface area contributed by atoms with Gasteiger partial charge in [0.15, 0.2) is 0 Å². The SMILES string of the molecule is CN(C)c1cccc(C(=O)N2CCCN(C(=O)c3cc[nH]c3)CC2)c1. The van der Waals surface area contributed by atoms with Gasteiger partial charge in [0, 0.05) is 63.9 Å². The number of H-pyrrole nitrogens is 1. The monoisotopic (exact) mass is 340 g/mol. The number of benzene rings is 1. The van der Waals surface area contributed by atoms with Gasteiger partial charge in [0.2, 0.25) is 0 Å². The average molecular weight is 340 g/mol. The van der Waals surface area contributed by atoms with Gasteiger partial charge in [-0.15, -0.1) is 0 Å². The first-order chi connectivity index (χ1) is 12.1. The standard InChI is InChI=1S/C19H24N4O2/c1-21(2)17-6-3-5-15(13-17)18(24)22-9-4-10-23(12-11-22)19(25)16-7-8-20-14-16/h3,5-8,13-14,20H,4,9-12H2,1-2H3. The summed E-state index contributed by atoms with van der Waals surface area (Å²) in [5.74, 6) is 0.0461. The van der Waals surface area contributed by atoms with Crippen molar-refractivity contribution in [2.45, 2.75) is 6.42 Å². The molecule has 132 valence electrons. The summed E-state index contributed by atoms with van der Waals surface area (Å²) in [5, 5.41) is 0. The molecule has 0 unspecified atom stereocenters. The number of amides is 2. The van der Waals surface area contributed by atoms with Gasteiger partial charge in [0.05, 0.1) is 5.56 Å². The van der Waals surface area contributed by atoms with Crippen LogP contribution in [0.4, 0.5) is 5.69 Å². The minimum absolute atomic E-state index is 0.0187.